The molecule has 0 saturated carbocycles. The zero-order chi connectivity index (χ0) is 20.1. The zero-order valence-corrected chi connectivity index (χ0v) is 16.2. The lowest BCUT2D eigenvalue weighted by molar-refractivity contribution is -0.123. The van der Waals surface area contributed by atoms with E-state index in [1.165, 1.54) is 0 Å². The smallest absolute Gasteiger partial charge is 0.319 e. The molecule has 3 amide bonds. The number of imidazole rings is 1. The van der Waals surface area contributed by atoms with Crippen LogP contribution in [0, 0.1) is 5.92 Å². The van der Waals surface area contributed by atoms with Gasteiger partial charge in [0.1, 0.15) is 11.9 Å². The quantitative estimate of drug-likeness (QED) is 0.527. The van der Waals surface area contributed by atoms with Gasteiger partial charge in [0, 0.05) is 5.69 Å². The minimum absolute atomic E-state index is 0.120. The zero-order valence-electron chi connectivity index (χ0n) is 16.2. The van der Waals surface area contributed by atoms with E-state index in [1.807, 2.05) is 56.3 Å². The van der Waals surface area contributed by atoms with Crippen molar-refractivity contribution in [3.63, 3.8) is 0 Å². The third-order valence-electron chi connectivity index (χ3n) is 4.44. The Morgan fingerprint density at radius 2 is 1.61 bits per heavy atom. The third-order valence-corrected chi connectivity index (χ3v) is 4.44. The van der Waals surface area contributed by atoms with Crippen molar-refractivity contribution >= 4 is 28.7 Å². The first-order valence-electron chi connectivity index (χ1n) is 9.31. The molecule has 0 saturated heterocycles. The average Bonchev–Trinajstić information content (AvgIpc) is 3.09. The molecule has 0 aliphatic rings. The minimum Gasteiger partial charge on any atom is -0.344 e. The summed E-state index contributed by atoms with van der Waals surface area (Å²) in [6.07, 6.45) is 0. The molecule has 7 nitrogen and oxygen atoms in total. The van der Waals surface area contributed by atoms with Crippen molar-refractivity contribution in [2.24, 2.45) is 5.92 Å². The van der Waals surface area contributed by atoms with Crippen LogP contribution in [0.2, 0.25) is 0 Å². The SMILES string of the molecule is CC(C)[C@H](NC(=O)[C@H](C)NC(=O)Nc1ccccc1)c1nc2ccccc2[nH]1. The van der Waals surface area contributed by atoms with Gasteiger partial charge < -0.3 is 20.9 Å². The number of carbonyl (C=O) groups excluding carboxylic acids is 2. The molecule has 2 atom stereocenters. The Bertz CT molecular complexity index is 919. The predicted molar refractivity (Wildman–Crippen MR) is 110 cm³/mol. The van der Waals surface area contributed by atoms with Gasteiger partial charge in [-0.15, -0.1) is 0 Å². The molecule has 0 spiro atoms. The Balaban J connectivity index is 1.64. The van der Waals surface area contributed by atoms with E-state index in [4.69, 9.17) is 0 Å². The fraction of sp³-hybridized carbons (Fsp3) is 0.286. The number of fused-ring (bicyclic) bond motifs is 1. The molecule has 2 aromatic carbocycles. The van der Waals surface area contributed by atoms with Crippen LogP contribution in [0.4, 0.5) is 10.5 Å². The Labute approximate surface area is 163 Å². The van der Waals surface area contributed by atoms with Crippen LogP contribution in [0.25, 0.3) is 11.0 Å². The number of carbonyl (C=O) groups is 2. The summed E-state index contributed by atoms with van der Waals surface area (Å²) in [6.45, 7) is 5.67. The second-order valence-electron chi connectivity index (χ2n) is 7.06. The van der Waals surface area contributed by atoms with Crippen LogP contribution in [0.3, 0.4) is 0 Å². The Kier molecular flexibility index (Phi) is 5.93. The van der Waals surface area contributed by atoms with Crippen molar-refractivity contribution in [2.45, 2.75) is 32.9 Å². The van der Waals surface area contributed by atoms with Gasteiger partial charge in [-0.25, -0.2) is 9.78 Å². The molecule has 0 aliphatic heterocycles. The largest absolute Gasteiger partial charge is 0.344 e. The second-order valence-corrected chi connectivity index (χ2v) is 7.06. The van der Waals surface area contributed by atoms with E-state index < -0.39 is 12.1 Å². The lowest BCUT2D eigenvalue weighted by Gasteiger charge is -2.23. The van der Waals surface area contributed by atoms with E-state index in [1.54, 1.807) is 19.1 Å². The van der Waals surface area contributed by atoms with E-state index in [9.17, 15) is 9.59 Å². The van der Waals surface area contributed by atoms with Gasteiger partial charge in [-0.2, -0.15) is 0 Å². The van der Waals surface area contributed by atoms with Gasteiger partial charge in [-0.1, -0.05) is 44.2 Å². The maximum absolute atomic E-state index is 12.6. The fourth-order valence-corrected chi connectivity index (χ4v) is 2.90. The molecule has 1 heterocycles. The van der Waals surface area contributed by atoms with Gasteiger partial charge >= 0.3 is 6.03 Å². The highest BCUT2D eigenvalue weighted by Gasteiger charge is 2.25. The summed E-state index contributed by atoms with van der Waals surface area (Å²) in [4.78, 5) is 32.6. The van der Waals surface area contributed by atoms with Crippen LogP contribution < -0.4 is 16.0 Å². The second kappa shape index (κ2) is 8.56. The van der Waals surface area contributed by atoms with Gasteiger partial charge in [-0.3, -0.25) is 4.79 Å². The van der Waals surface area contributed by atoms with Crippen molar-refractivity contribution in [2.75, 3.05) is 5.32 Å². The molecule has 28 heavy (non-hydrogen) atoms. The van der Waals surface area contributed by atoms with E-state index in [0.717, 1.165) is 11.0 Å². The number of aromatic amines is 1. The Morgan fingerprint density at radius 3 is 2.29 bits per heavy atom. The molecular weight excluding hydrogens is 354 g/mol. The lowest BCUT2D eigenvalue weighted by atomic mass is 10.0. The van der Waals surface area contributed by atoms with Crippen molar-refractivity contribution in [3.05, 3.63) is 60.4 Å². The lowest BCUT2D eigenvalue weighted by Crippen LogP contribution is -2.48. The van der Waals surface area contributed by atoms with E-state index in [-0.39, 0.29) is 17.9 Å². The molecule has 0 fully saturated rings. The average molecular weight is 379 g/mol. The summed E-state index contributed by atoms with van der Waals surface area (Å²) >= 11 is 0. The number of rotatable bonds is 6. The third kappa shape index (κ3) is 4.68. The molecule has 0 radical (unpaired) electrons. The molecule has 146 valence electrons. The van der Waals surface area contributed by atoms with Crippen LogP contribution >= 0.6 is 0 Å². The number of nitrogens with zero attached hydrogens (tertiary/aromatic N) is 1. The van der Waals surface area contributed by atoms with Crippen molar-refractivity contribution in [3.8, 4) is 0 Å². The highest BCUT2D eigenvalue weighted by molar-refractivity contribution is 5.93. The number of nitrogens with one attached hydrogen (secondary N) is 4. The monoisotopic (exact) mass is 379 g/mol. The van der Waals surface area contributed by atoms with Gasteiger partial charge in [0.05, 0.1) is 17.1 Å². The number of aromatic nitrogens is 2. The summed E-state index contributed by atoms with van der Waals surface area (Å²) < 4.78 is 0. The summed E-state index contributed by atoms with van der Waals surface area (Å²) in [7, 11) is 0. The van der Waals surface area contributed by atoms with E-state index in [2.05, 4.69) is 25.9 Å². The first-order chi connectivity index (χ1) is 13.4. The predicted octanol–water partition coefficient (Wildman–Crippen LogP) is 3.59. The maximum atomic E-state index is 12.6. The number of urea groups is 1. The van der Waals surface area contributed by atoms with Gasteiger partial charge in [-0.05, 0) is 37.1 Å². The van der Waals surface area contributed by atoms with Crippen LogP contribution in [-0.2, 0) is 4.79 Å². The molecule has 0 unspecified atom stereocenters. The maximum Gasteiger partial charge on any atom is 0.319 e. The van der Waals surface area contributed by atoms with E-state index in [0.29, 0.717) is 11.5 Å². The molecule has 3 aromatic rings. The minimum atomic E-state index is -0.700. The summed E-state index contributed by atoms with van der Waals surface area (Å²) in [5, 5.41) is 8.35. The van der Waals surface area contributed by atoms with Crippen molar-refractivity contribution < 1.29 is 9.59 Å². The number of amides is 3. The molecule has 0 aliphatic carbocycles. The molecule has 0 bridgehead atoms. The molecule has 7 heteroatoms. The number of anilines is 1. The van der Waals surface area contributed by atoms with Crippen molar-refractivity contribution in [1.82, 2.24) is 20.6 Å². The summed E-state index contributed by atoms with van der Waals surface area (Å²) in [5.74, 6) is 0.544. The number of hydrogen-bond acceptors (Lipinski definition) is 3. The first kappa shape index (κ1) is 19.4. The van der Waals surface area contributed by atoms with Crippen LogP contribution in [0.1, 0.15) is 32.6 Å². The topological polar surface area (TPSA) is 98.9 Å². The standard InChI is InChI=1S/C21H25N5O2/c1-13(2)18(19-24-16-11-7-8-12-17(16)25-19)26-20(27)14(3)22-21(28)23-15-9-5-4-6-10-15/h4-14,18H,1-3H3,(H,24,25)(H,26,27)(H2,22,23,28)/t14-,18-/m0/s1. The van der Waals surface area contributed by atoms with Gasteiger partial charge in [0.25, 0.3) is 0 Å². The van der Waals surface area contributed by atoms with Gasteiger partial charge in [0.15, 0.2) is 0 Å². The molecule has 3 rings (SSSR count). The normalized spacial score (nSPS) is 13.1. The molecular formula is C21H25N5O2. The highest BCUT2D eigenvalue weighted by Crippen LogP contribution is 2.22. The van der Waals surface area contributed by atoms with Crippen LogP contribution in [-0.4, -0.2) is 27.9 Å². The van der Waals surface area contributed by atoms with Crippen LogP contribution in [0.15, 0.2) is 54.6 Å². The Morgan fingerprint density at radius 1 is 0.929 bits per heavy atom. The first-order valence-corrected chi connectivity index (χ1v) is 9.31. The summed E-state index contributed by atoms with van der Waals surface area (Å²) in [5.41, 5.74) is 2.44. The molecule has 1 aromatic heterocycles. The number of H-pyrrole nitrogens is 1. The summed E-state index contributed by atoms with van der Waals surface area (Å²) in [6, 6.07) is 15.4. The molecule has 4 N–H and O–H groups in total. The van der Waals surface area contributed by atoms with Crippen molar-refractivity contribution in [1.29, 1.82) is 0 Å². The highest BCUT2D eigenvalue weighted by atomic mass is 16.2. The van der Waals surface area contributed by atoms with Gasteiger partial charge in [0.2, 0.25) is 5.91 Å². The number of benzene rings is 2. The van der Waals surface area contributed by atoms with E-state index >= 15 is 0 Å². The van der Waals surface area contributed by atoms with Crippen LogP contribution in [0.5, 0.6) is 0 Å². The number of para-hydroxylation sites is 3. The number of hydrogen-bond donors (Lipinski definition) is 4. The Hall–Kier alpha value is -3.35. The fourth-order valence-electron chi connectivity index (χ4n) is 2.90.